The number of thiocarbonyl (C=S) groups is 1. The van der Waals surface area contributed by atoms with E-state index in [0.717, 1.165) is 0 Å². The fourth-order valence-electron chi connectivity index (χ4n) is 2.11. The first-order valence-electron chi connectivity index (χ1n) is 6.04. The zero-order valence-electron chi connectivity index (χ0n) is 10.9. The molecule has 0 spiro atoms. The van der Waals surface area contributed by atoms with Crippen LogP contribution >= 0.6 is 12.2 Å². The smallest absolute Gasteiger partial charge is 0.244 e. The highest BCUT2D eigenvalue weighted by atomic mass is 32.2. The first-order chi connectivity index (χ1) is 9.35. The zero-order valence-corrected chi connectivity index (χ0v) is 12.5. The highest BCUT2D eigenvalue weighted by Gasteiger charge is 2.36. The van der Waals surface area contributed by atoms with Crippen LogP contribution in [0.15, 0.2) is 29.2 Å². The van der Waals surface area contributed by atoms with Crippen molar-refractivity contribution >= 4 is 33.1 Å². The van der Waals surface area contributed by atoms with E-state index in [0.29, 0.717) is 5.56 Å². The first-order valence-corrected chi connectivity index (χ1v) is 7.89. The van der Waals surface area contributed by atoms with Gasteiger partial charge in [-0.05, 0) is 13.0 Å². The summed E-state index contributed by atoms with van der Waals surface area (Å²) in [5.41, 5.74) is 5.86. The van der Waals surface area contributed by atoms with E-state index >= 15 is 0 Å². The summed E-state index contributed by atoms with van der Waals surface area (Å²) in [4.78, 5) is 11.7. The Morgan fingerprint density at radius 3 is 2.75 bits per heavy atom. The van der Waals surface area contributed by atoms with Crippen LogP contribution in [0.2, 0.25) is 0 Å². The van der Waals surface area contributed by atoms with Gasteiger partial charge in [-0.2, -0.15) is 4.31 Å². The molecule has 1 unspecified atom stereocenters. The summed E-state index contributed by atoms with van der Waals surface area (Å²) in [6, 6.07) is 5.52. The van der Waals surface area contributed by atoms with Crippen LogP contribution in [0.4, 0.5) is 0 Å². The number of hydrogen-bond acceptors (Lipinski definition) is 4. The lowest BCUT2D eigenvalue weighted by Gasteiger charge is -2.32. The van der Waals surface area contributed by atoms with Crippen molar-refractivity contribution in [1.29, 1.82) is 0 Å². The van der Waals surface area contributed by atoms with E-state index in [4.69, 9.17) is 18.0 Å². The number of nitrogens with zero attached hydrogens (tertiary/aromatic N) is 1. The second kappa shape index (κ2) is 5.47. The minimum Gasteiger partial charge on any atom is -0.389 e. The predicted octanol–water partition coefficient (Wildman–Crippen LogP) is -0.170. The largest absolute Gasteiger partial charge is 0.389 e. The van der Waals surface area contributed by atoms with E-state index in [1.165, 1.54) is 10.4 Å². The predicted molar refractivity (Wildman–Crippen MR) is 78.7 cm³/mol. The monoisotopic (exact) mass is 313 g/mol. The van der Waals surface area contributed by atoms with Gasteiger partial charge in [0.25, 0.3) is 0 Å². The number of piperazine rings is 1. The lowest BCUT2D eigenvalue weighted by molar-refractivity contribution is -0.126. The van der Waals surface area contributed by atoms with Crippen LogP contribution in [0.3, 0.4) is 0 Å². The maximum atomic E-state index is 12.7. The molecule has 0 aromatic heterocycles. The number of nitrogens with two attached hydrogens (primary N) is 1. The molecule has 0 bridgehead atoms. The number of hydrogen-bond donors (Lipinski definition) is 2. The number of carbonyl (C=O) groups excluding carboxylic acids is 1. The fraction of sp³-hybridized carbons (Fsp3) is 0.333. The van der Waals surface area contributed by atoms with Crippen LogP contribution in [-0.4, -0.2) is 42.8 Å². The Morgan fingerprint density at radius 2 is 2.10 bits per heavy atom. The molecule has 3 N–H and O–H groups in total. The number of nitrogens with one attached hydrogen (secondary N) is 1. The van der Waals surface area contributed by atoms with Gasteiger partial charge in [-0.3, -0.25) is 4.79 Å². The quantitative estimate of drug-likeness (QED) is 0.756. The fourth-order valence-corrected chi connectivity index (χ4v) is 4.16. The van der Waals surface area contributed by atoms with Gasteiger partial charge < -0.3 is 11.1 Å². The molecule has 2 rings (SSSR count). The lowest BCUT2D eigenvalue weighted by atomic mass is 10.2. The maximum absolute atomic E-state index is 12.7. The van der Waals surface area contributed by atoms with Crippen molar-refractivity contribution in [3.63, 3.8) is 0 Å². The van der Waals surface area contributed by atoms with Gasteiger partial charge >= 0.3 is 0 Å². The topological polar surface area (TPSA) is 92.5 Å². The SMILES string of the molecule is CC1C(=O)NCCN1S(=O)(=O)c1ccccc1C(N)=S. The highest BCUT2D eigenvalue weighted by molar-refractivity contribution is 7.89. The number of sulfonamides is 1. The van der Waals surface area contributed by atoms with Crippen molar-refractivity contribution in [1.82, 2.24) is 9.62 Å². The Bertz CT molecular complexity index is 658. The Labute approximate surface area is 123 Å². The summed E-state index contributed by atoms with van der Waals surface area (Å²) in [6.45, 7) is 2.06. The minimum absolute atomic E-state index is 0.0123. The van der Waals surface area contributed by atoms with E-state index < -0.39 is 16.1 Å². The molecule has 1 aliphatic rings. The zero-order chi connectivity index (χ0) is 14.9. The van der Waals surface area contributed by atoms with E-state index in [-0.39, 0.29) is 28.9 Å². The summed E-state index contributed by atoms with van der Waals surface area (Å²) >= 11 is 4.89. The van der Waals surface area contributed by atoms with Crippen molar-refractivity contribution in [2.24, 2.45) is 5.73 Å². The summed E-state index contributed by atoms with van der Waals surface area (Å²) in [5.74, 6) is -0.312. The first kappa shape index (κ1) is 14.9. The molecule has 1 atom stereocenters. The summed E-state index contributed by atoms with van der Waals surface area (Å²) in [6.07, 6.45) is 0. The molecule has 1 aromatic rings. The third-order valence-corrected chi connectivity index (χ3v) is 5.43. The second-order valence-corrected chi connectivity index (χ2v) is 6.74. The molecule has 1 aliphatic heterocycles. The molecule has 20 heavy (non-hydrogen) atoms. The Balaban J connectivity index is 2.50. The van der Waals surface area contributed by atoms with Crippen LogP contribution in [0.1, 0.15) is 12.5 Å². The minimum atomic E-state index is -3.81. The van der Waals surface area contributed by atoms with Gasteiger partial charge in [0, 0.05) is 18.7 Å². The Morgan fingerprint density at radius 1 is 1.45 bits per heavy atom. The highest BCUT2D eigenvalue weighted by Crippen LogP contribution is 2.23. The van der Waals surface area contributed by atoms with Crippen molar-refractivity contribution in [2.75, 3.05) is 13.1 Å². The van der Waals surface area contributed by atoms with Gasteiger partial charge in [-0.15, -0.1) is 0 Å². The molecule has 1 heterocycles. The van der Waals surface area contributed by atoms with Gasteiger partial charge in [-0.1, -0.05) is 30.4 Å². The molecule has 1 saturated heterocycles. The summed E-state index contributed by atoms with van der Waals surface area (Å²) < 4.78 is 26.6. The second-order valence-electron chi connectivity index (χ2n) is 4.44. The van der Waals surface area contributed by atoms with Crippen LogP contribution in [0, 0.1) is 0 Å². The van der Waals surface area contributed by atoms with E-state index in [1.54, 1.807) is 25.1 Å². The molecule has 1 amide bonds. The average molecular weight is 313 g/mol. The number of carbonyl (C=O) groups is 1. The summed E-state index contributed by atoms with van der Waals surface area (Å²) in [5, 5.41) is 2.63. The Kier molecular flexibility index (Phi) is 4.07. The van der Waals surface area contributed by atoms with Crippen LogP contribution < -0.4 is 11.1 Å². The van der Waals surface area contributed by atoms with Crippen LogP contribution in [0.5, 0.6) is 0 Å². The third kappa shape index (κ3) is 2.54. The van der Waals surface area contributed by atoms with E-state index in [1.807, 2.05) is 0 Å². The summed E-state index contributed by atoms with van der Waals surface area (Å²) in [7, 11) is -3.81. The molecular weight excluding hydrogens is 298 g/mol. The molecule has 1 aromatic carbocycles. The molecule has 8 heteroatoms. The average Bonchev–Trinajstić information content (AvgIpc) is 2.41. The molecular formula is C12H15N3O3S2. The van der Waals surface area contributed by atoms with Crippen molar-refractivity contribution < 1.29 is 13.2 Å². The third-order valence-electron chi connectivity index (χ3n) is 3.18. The van der Waals surface area contributed by atoms with Crippen LogP contribution in [-0.2, 0) is 14.8 Å². The number of amides is 1. The molecule has 108 valence electrons. The van der Waals surface area contributed by atoms with Gasteiger partial charge in [0.15, 0.2) is 0 Å². The van der Waals surface area contributed by atoms with Crippen LogP contribution in [0.25, 0.3) is 0 Å². The molecule has 0 aliphatic carbocycles. The number of benzene rings is 1. The van der Waals surface area contributed by atoms with Gasteiger partial charge in [-0.25, -0.2) is 8.42 Å². The van der Waals surface area contributed by atoms with Crippen molar-refractivity contribution in [3.8, 4) is 0 Å². The van der Waals surface area contributed by atoms with Gasteiger partial charge in [0.1, 0.15) is 11.0 Å². The standard InChI is InChI=1S/C12H15N3O3S2/c1-8-12(16)14-6-7-15(8)20(17,18)10-5-3-2-4-9(10)11(13)19/h2-5,8H,6-7H2,1H3,(H2,13,19)(H,14,16). The van der Waals surface area contributed by atoms with E-state index in [9.17, 15) is 13.2 Å². The molecule has 0 saturated carbocycles. The normalized spacial score (nSPS) is 20.4. The lowest BCUT2D eigenvalue weighted by Crippen LogP contribution is -2.55. The molecule has 1 fully saturated rings. The molecule has 0 radical (unpaired) electrons. The van der Waals surface area contributed by atoms with Gasteiger partial charge in [0.05, 0.1) is 4.90 Å². The van der Waals surface area contributed by atoms with Gasteiger partial charge in [0.2, 0.25) is 15.9 Å². The number of rotatable bonds is 3. The van der Waals surface area contributed by atoms with E-state index in [2.05, 4.69) is 5.32 Å². The van der Waals surface area contributed by atoms with Crippen molar-refractivity contribution in [3.05, 3.63) is 29.8 Å². The Hall–Kier alpha value is -1.51. The molecule has 6 nitrogen and oxygen atoms in total. The maximum Gasteiger partial charge on any atom is 0.244 e. The van der Waals surface area contributed by atoms with Crippen molar-refractivity contribution in [2.45, 2.75) is 17.9 Å².